The molecule has 0 aliphatic rings. The fourth-order valence-electron chi connectivity index (χ4n) is 2.73. The molecule has 11 heteroatoms. The highest BCUT2D eigenvalue weighted by Crippen LogP contribution is 2.39. The molecule has 0 radical (unpaired) electrons. The lowest BCUT2D eigenvalue weighted by Gasteiger charge is -2.19. The summed E-state index contributed by atoms with van der Waals surface area (Å²) in [6.45, 7) is 6.15. The molecule has 7 nitrogen and oxygen atoms in total. The minimum Gasteiger partial charge on any atom is -0.490 e. The molecule has 0 aliphatic carbocycles. The molecule has 3 rings (SSSR count). The molecule has 1 N–H and O–H groups in total. The molecule has 0 unspecified atom stereocenters. The summed E-state index contributed by atoms with van der Waals surface area (Å²) in [5.74, 6) is -0.780. The van der Waals surface area contributed by atoms with Crippen molar-refractivity contribution in [1.82, 2.24) is 15.5 Å². The Balaban J connectivity index is 1.58. The van der Waals surface area contributed by atoms with Crippen LogP contribution in [0.25, 0.3) is 21.3 Å². The second-order valence-corrected chi connectivity index (χ2v) is 8.89. The summed E-state index contributed by atoms with van der Waals surface area (Å²) in [7, 11) is 0. The molecule has 1 amide bonds. The number of amides is 1. The third kappa shape index (κ3) is 6.24. The first-order valence-corrected chi connectivity index (χ1v) is 11.0. The van der Waals surface area contributed by atoms with Crippen LogP contribution in [0.15, 0.2) is 23.6 Å². The highest BCUT2D eigenvalue weighted by atomic mass is 35.5. The van der Waals surface area contributed by atoms with Crippen LogP contribution < -0.4 is 10.1 Å². The molecule has 0 atom stereocenters. The van der Waals surface area contributed by atoms with Gasteiger partial charge in [0, 0.05) is 23.6 Å². The van der Waals surface area contributed by atoms with Crippen molar-refractivity contribution in [3.05, 3.63) is 40.4 Å². The van der Waals surface area contributed by atoms with Crippen LogP contribution in [0.4, 0.5) is 13.6 Å². The van der Waals surface area contributed by atoms with Crippen molar-refractivity contribution in [2.24, 2.45) is 0 Å². The van der Waals surface area contributed by atoms with E-state index in [1.54, 1.807) is 20.8 Å². The van der Waals surface area contributed by atoms with Gasteiger partial charge in [-0.2, -0.15) is 0 Å². The minimum absolute atomic E-state index is 0.0412. The van der Waals surface area contributed by atoms with Gasteiger partial charge >= 0.3 is 6.09 Å². The van der Waals surface area contributed by atoms with Gasteiger partial charge in [-0.05, 0) is 32.9 Å². The van der Waals surface area contributed by atoms with E-state index in [2.05, 4.69) is 15.5 Å². The Morgan fingerprint density at radius 1 is 1.19 bits per heavy atom. The largest absolute Gasteiger partial charge is 0.490 e. The Morgan fingerprint density at radius 3 is 2.72 bits per heavy atom. The topological polar surface area (TPSA) is 82.6 Å². The van der Waals surface area contributed by atoms with E-state index in [1.165, 1.54) is 23.6 Å². The number of ether oxygens (including phenoxy) is 3. The van der Waals surface area contributed by atoms with Gasteiger partial charge in [0.15, 0.2) is 5.15 Å². The number of carbonyl (C=O) groups is 1. The monoisotopic (exact) mass is 485 g/mol. The predicted molar refractivity (Wildman–Crippen MR) is 118 cm³/mol. The van der Waals surface area contributed by atoms with E-state index >= 15 is 0 Å². The fourth-order valence-corrected chi connectivity index (χ4v) is 3.92. The Kier molecular flexibility index (Phi) is 7.81. The standard InChI is InChI=1S/C21H22ClF2N3O4S/c1-21(2,3)31-20(28)25-6-7-29-8-9-30-15-10-12(23)4-5-13(15)17-18-16(14(24)11-32-18)19(22)27-26-17/h4-5,10-11H,6-9H2,1-3H3,(H,25,28). The average Bonchev–Trinajstić information content (AvgIpc) is 3.09. The summed E-state index contributed by atoms with van der Waals surface area (Å²) >= 11 is 7.10. The number of hydrogen-bond acceptors (Lipinski definition) is 7. The number of alkyl carbamates (subject to hydrolysis) is 1. The summed E-state index contributed by atoms with van der Waals surface area (Å²) in [5, 5.41) is 11.9. The number of nitrogens with one attached hydrogen (secondary N) is 1. The predicted octanol–water partition coefficient (Wildman–Crippen LogP) is 5.21. The molecule has 2 aromatic heterocycles. The zero-order valence-electron chi connectivity index (χ0n) is 17.7. The van der Waals surface area contributed by atoms with Crippen molar-refractivity contribution in [3.8, 4) is 17.0 Å². The van der Waals surface area contributed by atoms with Gasteiger partial charge in [-0.1, -0.05) is 11.6 Å². The van der Waals surface area contributed by atoms with Crippen LogP contribution in [0, 0.1) is 11.6 Å². The molecule has 2 heterocycles. The van der Waals surface area contributed by atoms with Crippen LogP contribution in [0.1, 0.15) is 20.8 Å². The van der Waals surface area contributed by atoms with Crippen molar-refractivity contribution in [2.75, 3.05) is 26.4 Å². The van der Waals surface area contributed by atoms with Crippen molar-refractivity contribution >= 4 is 39.1 Å². The number of carbonyl (C=O) groups excluding carboxylic acids is 1. The molecule has 0 aliphatic heterocycles. The normalized spacial score (nSPS) is 11.6. The Labute approximate surface area is 192 Å². The first-order chi connectivity index (χ1) is 15.2. The van der Waals surface area contributed by atoms with Gasteiger partial charge in [0.1, 0.15) is 35.3 Å². The van der Waals surface area contributed by atoms with E-state index in [9.17, 15) is 13.6 Å². The molecule has 0 fully saturated rings. The molecule has 3 aromatic rings. The molecular weight excluding hydrogens is 464 g/mol. The van der Waals surface area contributed by atoms with Gasteiger partial charge < -0.3 is 19.5 Å². The van der Waals surface area contributed by atoms with E-state index in [0.29, 0.717) is 16.0 Å². The number of hydrogen-bond donors (Lipinski definition) is 1. The Bertz CT molecular complexity index is 1100. The lowest BCUT2D eigenvalue weighted by Crippen LogP contribution is -2.34. The number of rotatable bonds is 8. The van der Waals surface area contributed by atoms with Crippen LogP contribution >= 0.6 is 22.9 Å². The molecule has 32 heavy (non-hydrogen) atoms. The van der Waals surface area contributed by atoms with E-state index in [4.69, 9.17) is 25.8 Å². The third-order valence-electron chi connectivity index (χ3n) is 4.00. The SMILES string of the molecule is CC(C)(C)OC(=O)NCCOCCOc1cc(F)ccc1-c1nnc(Cl)c2c(F)csc12. The molecule has 0 saturated carbocycles. The number of fused-ring (bicyclic) bond motifs is 1. The lowest BCUT2D eigenvalue weighted by molar-refractivity contribution is 0.0489. The maximum Gasteiger partial charge on any atom is 0.407 e. The zero-order valence-corrected chi connectivity index (χ0v) is 19.3. The number of nitrogens with zero attached hydrogens (tertiary/aromatic N) is 2. The molecule has 0 bridgehead atoms. The van der Waals surface area contributed by atoms with E-state index in [0.717, 1.165) is 11.3 Å². The molecule has 172 valence electrons. The van der Waals surface area contributed by atoms with Crippen LogP contribution in [-0.2, 0) is 9.47 Å². The molecule has 0 spiro atoms. The molecule has 1 aromatic carbocycles. The summed E-state index contributed by atoms with van der Waals surface area (Å²) in [6.07, 6.45) is -0.526. The second kappa shape index (κ2) is 10.4. The summed E-state index contributed by atoms with van der Waals surface area (Å²) in [6, 6.07) is 3.96. The second-order valence-electron chi connectivity index (χ2n) is 7.66. The lowest BCUT2D eigenvalue weighted by atomic mass is 10.1. The number of benzene rings is 1. The Morgan fingerprint density at radius 2 is 1.97 bits per heavy atom. The van der Waals surface area contributed by atoms with Gasteiger partial charge in [0.2, 0.25) is 0 Å². The van der Waals surface area contributed by atoms with E-state index < -0.39 is 23.3 Å². The van der Waals surface area contributed by atoms with Crippen LogP contribution in [0.2, 0.25) is 5.15 Å². The highest BCUT2D eigenvalue weighted by molar-refractivity contribution is 7.17. The van der Waals surface area contributed by atoms with E-state index in [1.807, 2.05) is 0 Å². The summed E-state index contributed by atoms with van der Waals surface area (Å²) in [4.78, 5) is 11.6. The summed E-state index contributed by atoms with van der Waals surface area (Å²) < 4.78 is 44.6. The fraction of sp³-hybridized carbons (Fsp3) is 0.381. The first-order valence-electron chi connectivity index (χ1n) is 9.72. The number of thiophene rings is 1. The Hall–Kier alpha value is -2.56. The van der Waals surface area contributed by atoms with Gasteiger partial charge in [-0.15, -0.1) is 21.5 Å². The van der Waals surface area contributed by atoms with Crippen molar-refractivity contribution in [3.63, 3.8) is 0 Å². The van der Waals surface area contributed by atoms with Gasteiger partial charge in [0.05, 0.1) is 23.3 Å². The molecule has 0 saturated heterocycles. The summed E-state index contributed by atoms with van der Waals surface area (Å²) in [5.41, 5.74) is 0.223. The van der Waals surface area contributed by atoms with Crippen molar-refractivity contribution in [1.29, 1.82) is 0 Å². The smallest absolute Gasteiger partial charge is 0.407 e. The first kappa shape index (κ1) is 24.1. The van der Waals surface area contributed by atoms with E-state index in [-0.39, 0.29) is 42.7 Å². The maximum atomic E-state index is 14.1. The highest BCUT2D eigenvalue weighted by Gasteiger charge is 2.19. The van der Waals surface area contributed by atoms with Crippen molar-refractivity contribution < 1.29 is 27.8 Å². The zero-order chi connectivity index (χ0) is 23.3. The van der Waals surface area contributed by atoms with Gasteiger partial charge in [0.25, 0.3) is 0 Å². The van der Waals surface area contributed by atoms with Crippen LogP contribution in [-0.4, -0.2) is 48.3 Å². The number of halogens is 3. The maximum absolute atomic E-state index is 14.1. The van der Waals surface area contributed by atoms with Crippen molar-refractivity contribution in [2.45, 2.75) is 26.4 Å². The average molecular weight is 486 g/mol. The number of aromatic nitrogens is 2. The van der Waals surface area contributed by atoms with Crippen LogP contribution in [0.5, 0.6) is 5.75 Å². The van der Waals surface area contributed by atoms with Gasteiger partial charge in [-0.25, -0.2) is 13.6 Å². The quantitative estimate of drug-likeness (QED) is 0.441. The van der Waals surface area contributed by atoms with Gasteiger partial charge in [-0.3, -0.25) is 0 Å². The third-order valence-corrected chi connectivity index (χ3v) is 5.23. The van der Waals surface area contributed by atoms with Crippen LogP contribution in [0.3, 0.4) is 0 Å². The molecular formula is C21H22ClF2N3O4S. The minimum atomic E-state index is -0.573.